The van der Waals surface area contributed by atoms with Gasteiger partial charge in [-0.3, -0.25) is 0 Å². The largest absolute Gasteiger partial charge is 0.328 e. The van der Waals surface area contributed by atoms with Gasteiger partial charge in [0, 0.05) is 6.54 Å². The molecule has 78 valence electrons. The maximum Gasteiger partial charge on any atom is 0.119 e. The van der Waals surface area contributed by atoms with Gasteiger partial charge in [0.25, 0.3) is 0 Å². The van der Waals surface area contributed by atoms with Crippen molar-refractivity contribution in [3.8, 4) is 0 Å². The van der Waals surface area contributed by atoms with Crippen molar-refractivity contribution in [3.63, 3.8) is 0 Å². The van der Waals surface area contributed by atoms with E-state index in [2.05, 4.69) is 14.8 Å². The SMILES string of the molecule is NCC1(n2cnnc2)CCCCCC1. The second-order valence-corrected chi connectivity index (χ2v) is 4.21. The first-order valence-electron chi connectivity index (χ1n) is 5.43. The van der Waals surface area contributed by atoms with Crippen molar-refractivity contribution in [2.24, 2.45) is 5.73 Å². The van der Waals surface area contributed by atoms with Crippen molar-refractivity contribution in [1.29, 1.82) is 0 Å². The third-order valence-electron chi connectivity index (χ3n) is 3.38. The number of aromatic nitrogens is 3. The minimum Gasteiger partial charge on any atom is -0.328 e. The van der Waals surface area contributed by atoms with E-state index in [0.717, 1.165) is 0 Å². The Hall–Kier alpha value is -0.900. The molecule has 0 amide bonds. The Kier molecular flexibility index (Phi) is 2.82. The van der Waals surface area contributed by atoms with Gasteiger partial charge < -0.3 is 10.3 Å². The molecule has 0 radical (unpaired) electrons. The third kappa shape index (κ3) is 1.66. The lowest BCUT2D eigenvalue weighted by Crippen LogP contribution is -2.40. The van der Waals surface area contributed by atoms with Gasteiger partial charge in [-0.1, -0.05) is 25.7 Å². The standard InChI is InChI=1S/C10H18N4/c11-7-10(14-8-12-13-9-14)5-3-1-2-4-6-10/h8-9H,1-7,11H2. The van der Waals surface area contributed by atoms with Crippen molar-refractivity contribution in [2.45, 2.75) is 44.1 Å². The molecule has 0 atom stereocenters. The Morgan fingerprint density at radius 1 is 1.07 bits per heavy atom. The summed E-state index contributed by atoms with van der Waals surface area (Å²) in [6, 6.07) is 0. The van der Waals surface area contributed by atoms with Gasteiger partial charge in [0.2, 0.25) is 0 Å². The summed E-state index contributed by atoms with van der Waals surface area (Å²) in [5.41, 5.74) is 6.02. The summed E-state index contributed by atoms with van der Waals surface area (Å²) < 4.78 is 2.11. The smallest absolute Gasteiger partial charge is 0.119 e. The molecule has 1 aromatic rings. The first-order chi connectivity index (χ1) is 6.87. The van der Waals surface area contributed by atoms with Gasteiger partial charge in [-0.05, 0) is 12.8 Å². The van der Waals surface area contributed by atoms with Crippen molar-refractivity contribution in [2.75, 3.05) is 6.54 Å². The highest BCUT2D eigenvalue weighted by Crippen LogP contribution is 2.32. The highest BCUT2D eigenvalue weighted by atomic mass is 15.3. The number of hydrogen-bond donors (Lipinski definition) is 1. The molecule has 0 spiro atoms. The molecule has 0 aliphatic heterocycles. The number of nitrogens with zero attached hydrogens (tertiary/aromatic N) is 3. The first-order valence-corrected chi connectivity index (χ1v) is 5.43. The van der Waals surface area contributed by atoms with Crippen LogP contribution < -0.4 is 5.73 Å². The van der Waals surface area contributed by atoms with Crippen LogP contribution in [-0.4, -0.2) is 21.3 Å². The van der Waals surface area contributed by atoms with Crippen LogP contribution in [0.5, 0.6) is 0 Å². The van der Waals surface area contributed by atoms with Crippen molar-refractivity contribution >= 4 is 0 Å². The van der Waals surface area contributed by atoms with E-state index in [1.54, 1.807) is 12.7 Å². The summed E-state index contributed by atoms with van der Waals surface area (Å²) in [7, 11) is 0. The molecule has 2 rings (SSSR count). The van der Waals surface area contributed by atoms with Crippen LogP contribution in [0.15, 0.2) is 12.7 Å². The summed E-state index contributed by atoms with van der Waals surface area (Å²) in [6.45, 7) is 0.699. The number of rotatable bonds is 2. The van der Waals surface area contributed by atoms with Gasteiger partial charge in [0.1, 0.15) is 12.7 Å². The van der Waals surface area contributed by atoms with Gasteiger partial charge in [0.05, 0.1) is 5.54 Å². The maximum absolute atomic E-state index is 5.92. The predicted octanol–water partition coefficient (Wildman–Crippen LogP) is 1.29. The van der Waals surface area contributed by atoms with E-state index in [0.29, 0.717) is 6.54 Å². The summed E-state index contributed by atoms with van der Waals surface area (Å²) in [6.07, 6.45) is 11.2. The van der Waals surface area contributed by atoms with Gasteiger partial charge in [0.15, 0.2) is 0 Å². The van der Waals surface area contributed by atoms with Crippen molar-refractivity contribution < 1.29 is 0 Å². The molecule has 1 aliphatic rings. The number of nitrogens with two attached hydrogens (primary N) is 1. The second-order valence-electron chi connectivity index (χ2n) is 4.21. The molecule has 4 nitrogen and oxygen atoms in total. The normalized spacial score (nSPS) is 21.8. The fraction of sp³-hybridized carbons (Fsp3) is 0.800. The van der Waals surface area contributed by atoms with Crippen LogP contribution >= 0.6 is 0 Å². The molecule has 0 bridgehead atoms. The summed E-state index contributed by atoms with van der Waals surface area (Å²) in [5, 5.41) is 7.76. The maximum atomic E-state index is 5.92. The van der Waals surface area contributed by atoms with E-state index < -0.39 is 0 Å². The lowest BCUT2D eigenvalue weighted by atomic mass is 9.90. The van der Waals surface area contributed by atoms with Crippen LogP contribution in [0, 0.1) is 0 Å². The average molecular weight is 194 g/mol. The zero-order valence-corrected chi connectivity index (χ0v) is 8.52. The van der Waals surface area contributed by atoms with Gasteiger partial charge >= 0.3 is 0 Å². The highest BCUT2D eigenvalue weighted by molar-refractivity contribution is 4.90. The Balaban J connectivity index is 2.23. The summed E-state index contributed by atoms with van der Waals surface area (Å²) >= 11 is 0. The van der Waals surface area contributed by atoms with Crippen molar-refractivity contribution in [1.82, 2.24) is 14.8 Å². The second kappa shape index (κ2) is 4.09. The zero-order chi connectivity index (χ0) is 9.86. The van der Waals surface area contributed by atoms with E-state index in [1.165, 1.54) is 38.5 Å². The third-order valence-corrected chi connectivity index (χ3v) is 3.38. The van der Waals surface area contributed by atoms with Gasteiger partial charge in [-0.25, -0.2) is 0 Å². The number of hydrogen-bond acceptors (Lipinski definition) is 3. The zero-order valence-electron chi connectivity index (χ0n) is 8.52. The van der Waals surface area contributed by atoms with E-state index >= 15 is 0 Å². The van der Waals surface area contributed by atoms with E-state index in [-0.39, 0.29) is 5.54 Å². The Bertz CT molecular complexity index is 260. The fourth-order valence-corrected chi connectivity index (χ4v) is 2.40. The minimum absolute atomic E-state index is 0.0972. The lowest BCUT2D eigenvalue weighted by molar-refractivity contribution is 0.253. The molecule has 0 aromatic carbocycles. The molecular weight excluding hydrogens is 176 g/mol. The molecule has 1 aliphatic carbocycles. The van der Waals surface area contributed by atoms with Gasteiger partial charge in [-0.2, -0.15) is 0 Å². The van der Waals surface area contributed by atoms with Crippen LogP contribution in [0.3, 0.4) is 0 Å². The molecule has 14 heavy (non-hydrogen) atoms. The topological polar surface area (TPSA) is 56.7 Å². The van der Waals surface area contributed by atoms with E-state index in [9.17, 15) is 0 Å². The van der Waals surface area contributed by atoms with Crippen LogP contribution in [0.4, 0.5) is 0 Å². The minimum atomic E-state index is 0.0972. The van der Waals surface area contributed by atoms with Crippen LogP contribution in [0.2, 0.25) is 0 Å². The Labute approximate surface area is 84.5 Å². The highest BCUT2D eigenvalue weighted by Gasteiger charge is 2.30. The summed E-state index contributed by atoms with van der Waals surface area (Å²) in [4.78, 5) is 0. The van der Waals surface area contributed by atoms with Gasteiger partial charge in [-0.15, -0.1) is 10.2 Å². The van der Waals surface area contributed by atoms with Crippen LogP contribution in [0.1, 0.15) is 38.5 Å². The van der Waals surface area contributed by atoms with Crippen LogP contribution in [0.25, 0.3) is 0 Å². The Morgan fingerprint density at radius 3 is 2.14 bits per heavy atom. The average Bonchev–Trinajstić information content (AvgIpc) is 2.64. The molecule has 1 heterocycles. The molecule has 1 aromatic heterocycles. The fourth-order valence-electron chi connectivity index (χ4n) is 2.40. The Morgan fingerprint density at radius 2 is 1.64 bits per heavy atom. The molecule has 0 saturated heterocycles. The van der Waals surface area contributed by atoms with E-state index in [4.69, 9.17) is 5.73 Å². The quantitative estimate of drug-likeness (QED) is 0.722. The monoisotopic (exact) mass is 194 g/mol. The molecular formula is C10H18N4. The van der Waals surface area contributed by atoms with E-state index in [1.807, 2.05) is 0 Å². The molecule has 1 fully saturated rings. The lowest BCUT2D eigenvalue weighted by Gasteiger charge is -2.32. The molecule has 1 saturated carbocycles. The van der Waals surface area contributed by atoms with Crippen molar-refractivity contribution in [3.05, 3.63) is 12.7 Å². The summed E-state index contributed by atoms with van der Waals surface area (Å²) in [5.74, 6) is 0. The van der Waals surface area contributed by atoms with Crippen LogP contribution in [-0.2, 0) is 5.54 Å². The predicted molar refractivity (Wildman–Crippen MR) is 54.8 cm³/mol. The first kappa shape index (κ1) is 9.65. The molecule has 4 heteroatoms. The molecule has 0 unspecified atom stereocenters. The molecule has 2 N–H and O–H groups in total.